The molecule has 0 spiro atoms. The second-order valence-electron chi connectivity index (χ2n) is 4.82. The zero-order chi connectivity index (χ0) is 14.9. The van der Waals surface area contributed by atoms with E-state index < -0.39 is 10.0 Å². The second-order valence-corrected chi connectivity index (χ2v) is 6.64. The first-order valence-electron chi connectivity index (χ1n) is 6.74. The first kappa shape index (κ1) is 13.9. The van der Waals surface area contributed by atoms with Gasteiger partial charge < -0.3 is 5.73 Å². The third kappa shape index (κ3) is 2.34. The summed E-state index contributed by atoms with van der Waals surface area (Å²) in [6, 6.07) is 15.9. The van der Waals surface area contributed by atoms with Crippen LogP contribution in [-0.2, 0) is 16.4 Å². The van der Waals surface area contributed by atoms with Gasteiger partial charge in [-0.05, 0) is 36.7 Å². The highest BCUT2D eigenvalue weighted by Gasteiger charge is 2.20. The predicted molar refractivity (Wildman–Crippen MR) is 83.7 cm³/mol. The molecule has 2 aromatic carbocycles. The molecular formula is C16H16N2O2S. The topological polar surface area (TPSA) is 65.1 Å². The number of para-hydroxylation sites is 1. The van der Waals surface area contributed by atoms with Gasteiger partial charge in [0.2, 0.25) is 0 Å². The Morgan fingerprint density at radius 1 is 0.952 bits per heavy atom. The van der Waals surface area contributed by atoms with Crippen molar-refractivity contribution >= 4 is 20.9 Å². The monoisotopic (exact) mass is 300 g/mol. The van der Waals surface area contributed by atoms with E-state index in [2.05, 4.69) is 0 Å². The van der Waals surface area contributed by atoms with Crippen LogP contribution in [0.25, 0.3) is 10.9 Å². The van der Waals surface area contributed by atoms with E-state index in [1.165, 1.54) is 3.97 Å². The van der Waals surface area contributed by atoms with Gasteiger partial charge in [-0.15, -0.1) is 0 Å². The molecule has 0 bridgehead atoms. The lowest BCUT2D eigenvalue weighted by atomic mass is 10.1. The molecule has 0 fully saturated rings. The standard InChI is InChI=1S/C16H16N2O2S/c17-11-10-13-12-18(16-9-5-4-8-15(13)16)21(19,20)14-6-2-1-3-7-14/h1-9,12H,10-11,17H2. The number of rotatable bonds is 4. The molecule has 0 saturated carbocycles. The number of aromatic nitrogens is 1. The Labute approximate surface area is 123 Å². The van der Waals surface area contributed by atoms with Crippen molar-refractivity contribution in [2.75, 3.05) is 6.54 Å². The Hall–Kier alpha value is -2.11. The van der Waals surface area contributed by atoms with Crippen LogP contribution in [-0.4, -0.2) is 18.9 Å². The normalized spacial score (nSPS) is 11.9. The van der Waals surface area contributed by atoms with Crippen molar-refractivity contribution in [1.82, 2.24) is 3.97 Å². The fraction of sp³-hybridized carbons (Fsp3) is 0.125. The van der Waals surface area contributed by atoms with Crippen molar-refractivity contribution in [1.29, 1.82) is 0 Å². The van der Waals surface area contributed by atoms with Gasteiger partial charge in [-0.1, -0.05) is 36.4 Å². The van der Waals surface area contributed by atoms with Gasteiger partial charge in [0.05, 0.1) is 10.4 Å². The number of hydrogen-bond acceptors (Lipinski definition) is 3. The highest BCUT2D eigenvalue weighted by molar-refractivity contribution is 7.90. The summed E-state index contributed by atoms with van der Waals surface area (Å²) in [4.78, 5) is 0.282. The quantitative estimate of drug-likeness (QED) is 0.804. The van der Waals surface area contributed by atoms with Gasteiger partial charge in [0, 0.05) is 11.6 Å². The van der Waals surface area contributed by atoms with Crippen LogP contribution < -0.4 is 5.73 Å². The summed E-state index contributed by atoms with van der Waals surface area (Å²) < 4.78 is 26.9. The number of hydrogen-bond donors (Lipinski definition) is 1. The average Bonchev–Trinajstić information content (AvgIpc) is 2.88. The molecule has 5 heteroatoms. The summed E-state index contributed by atoms with van der Waals surface area (Å²) in [5.41, 5.74) is 7.26. The van der Waals surface area contributed by atoms with Crippen molar-refractivity contribution in [3.8, 4) is 0 Å². The molecule has 2 N–H and O–H groups in total. The fourth-order valence-electron chi connectivity index (χ4n) is 2.48. The Morgan fingerprint density at radius 3 is 2.33 bits per heavy atom. The molecule has 0 radical (unpaired) electrons. The molecule has 4 nitrogen and oxygen atoms in total. The Bertz CT molecular complexity index is 868. The van der Waals surface area contributed by atoms with Crippen molar-refractivity contribution in [3.05, 3.63) is 66.4 Å². The molecule has 108 valence electrons. The molecule has 3 aromatic rings. The van der Waals surface area contributed by atoms with Crippen LogP contribution >= 0.6 is 0 Å². The highest BCUT2D eigenvalue weighted by atomic mass is 32.2. The predicted octanol–water partition coefficient (Wildman–Crippen LogP) is 2.38. The van der Waals surface area contributed by atoms with E-state index in [1.54, 1.807) is 36.5 Å². The van der Waals surface area contributed by atoms with Crippen LogP contribution in [0.4, 0.5) is 0 Å². The van der Waals surface area contributed by atoms with Crippen LogP contribution in [0.15, 0.2) is 65.7 Å². The number of nitrogens with two attached hydrogens (primary N) is 1. The van der Waals surface area contributed by atoms with Crippen molar-refractivity contribution < 1.29 is 8.42 Å². The van der Waals surface area contributed by atoms with Crippen LogP contribution in [0.2, 0.25) is 0 Å². The Morgan fingerprint density at radius 2 is 1.62 bits per heavy atom. The Balaban J connectivity index is 2.26. The zero-order valence-corrected chi connectivity index (χ0v) is 12.3. The van der Waals surface area contributed by atoms with E-state index in [1.807, 2.05) is 24.3 Å². The summed E-state index contributed by atoms with van der Waals surface area (Å²) in [5, 5.41) is 0.933. The number of nitrogens with zero attached hydrogens (tertiary/aromatic N) is 1. The molecule has 0 aliphatic heterocycles. The SMILES string of the molecule is NCCc1cn(S(=O)(=O)c2ccccc2)c2ccccc12. The maximum absolute atomic E-state index is 12.8. The summed E-state index contributed by atoms with van der Waals surface area (Å²) in [5.74, 6) is 0. The largest absolute Gasteiger partial charge is 0.330 e. The minimum Gasteiger partial charge on any atom is -0.330 e. The third-order valence-corrected chi connectivity index (χ3v) is 5.16. The second kappa shape index (κ2) is 5.35. The zero-order valence-electron chi connectivity index (χ0n) is 11.4. The van der Waals surface area contributed by atoms with Crippen molar-refractivity contribution in [3.63, 3.8) is 0 Å². The van der Waals surface area contributed by atoms with E-state index in [0.717, 1.165) is 10.9 Å². The van der Waals surface area contributed by atoms with Gasteiger partial charge in [-0.2, -0.15) is 0 Å². The third-order valence-electron chi connectivity index (χ3n) is 3.47. The van der Waals surface area contributed by atoms with Crippen molar-refractivity contribution in [2.45, 2.75) is 11.3 Å². The summed E-state index contributed by atoms with van der Waals surface area (Å²) in [6.07, 6.45) is 2.33. The van der Waals surface area contributed by atoms with E-state index in [9.17, 15) is 8.42 Å². The van der Waals surface area contributed by atoms with Gasteiger partial charge in [0.15, 0.2) is 0 Å². The van der Waals surface area contributed by atoms with E-state index in [-0.39, 0.29) is 4.90 Å². The first-order chi connectivity index (χ1) is 10.1. The van der Waals surface area contributed by atoms with E-state index >= 15 is 0 Å². The minimum atomic E-state index is -3.59. The number of benzene rings is 2. The molecule has 3 rings (SSSR count). The summed E-state index contributed by atoms with van der Waals surface area (Å²) in [6.45, 7) is 0.486. The van der Waals surface area contributed by atoms with E-state index in [0.29, 0.717) is 18.5 Å². The smallest absolute Gasteiger partial charge is 0.268 e. The molecule has 0 aliphatic rings. The highest BCUT2D eigenvalue weighted by Crippen LogP contribution is 2.26. The maximum Gasteiger partial charge on any atom is 0.268 e. The lowest BCUT2D eigenvalue weighted by molar-refractivity contribution is 0.589. The molecule has 21 heavy (non-hydrogen) atoms. The number of fused-ring (bicyclic) bond motifs is 1. The maximum atomic E-state index is 12.8. The van der Waals surface area contributed by atoms with Crippen LogP contribution in [0.3, 0.4) is 0 Å². The lowest BCUT2D eigenvalue weighted by Gasteiger charge is -2.07. The van der Waals surface area contributed by atoms with Gasteiger partial charge in [-0.3, -0.25) is 0 Å². The lowest BCUT2D eigenvalue weighted by Crippen LogP contribution is -2.11. The Kier molecular flexibility index (Phi) is 3.53. The molecule has 0 atom stereocenters. The summed E-state index contributed by atoms with van der Waals surface area (Å²) in [7, 11) is -3.59. The average molecular weight is 300 g/mol. The first-order valence-corrected chi connectivity index (χ1v) is 8.18. The van der Waals surface area contributed by atoms with Crippen LogP contribution in [0.1, 0.15) is 5.56 Å². The molecule has 0 aliphatic carbocycles. The molecule has 1 heterocycles. The van der Waals surface area contributed by atoms with Crippen LogP contribution in [0.5, 0.6) is 0 Å². The summed E-state index contributed by atoms with van der Waals surface area (Å²) >= 11 is 0. The minimum absolute atomic E-state index is 0.282. The van der Waals surface area contributed by atoms with Gasteiger partial charge in [-0.25, -0.2) is 12.4 Å². The molecule has 0 saturated heterocycles. The molecule has 0 amide bonds. The van der Waals surface area contributed by atoms with Crippen molar-refractivity contribution in [2.24, 2.45) is 5.73 Å². The van der Waals surface area contributed by atoms with Gasteiger partial charge >= 0.3 is 0 Å². The van der Waals surface area contributed by atoms with Gasteiger partial charge in [0.1, 0.15) is 0 Å². The van der Waals surface area contributed by atoms with E-state index in [4.69, 9.17) is 5.73 Å². The molecule has 0 unspecified atom stereocenters. The molecule has 1 aromatic heterocycles. The molecular weight excluding hydrogens is 284 g/mol. The van der Waals surface area contributed by atoms with Gasteiger partial charge in [0.25, 0.3) is 10.0 Å². The van der Waals surface area contributed by atoms with Crippen LogP contribution in [0, 0.1) is 0 Å². The fourth-order valence-corrected chi connectivity index (χ4v) is 3.89.